The number of rotatable bonds is 3. The molecule has 2 rings (SSSR count). The van der Waals surface area contributed by atoms with Crippen molar-refractivity contribution in [3.8, 4) is 0 Å². The van der Waals surface area contributed by atoms with Crippen molar-refractivity contribution in [1.29, 1.82) is 0 Å². The van der Waals surface area contributed by atoms with Crippen LogP contribution in [-0.2, 0) is 7.05 Å². The van der Waals surface area contributed by atoms with Crippen molar-refractivity contribution in [3.05, 3.63) is 53.1 Å². The van der Waals surface area contributed by atoms with Crippen LogP contribution in [0.1, 0.15) is 17.3 Å². The number of nitrogens with two attached hydrogens (primary N) is 1. The van der Waals surface area contributed by atoms with Gasteiger partial charge in [0.2, 0.25) is 0 Å². The summed E-state index contributed by atoms with van der Waals surface area (Å²) in [6.07, 6.45) is 1.50. The van der Waals surface area contributed by atoms with Gasteiger partial charge in [-0.3, -0.25) is 10.5 Å². The third-order valence-corrected chi connectivity index (χ3v) is 2.70. The summed E-state index contributed by atoms with van der Waals surface area (Å²) in [5.41, 5.74) is 2.81. The van der Waals surface area contributed by atoms with Gasteiger partial charge in [-0.2, -0.15) is 5.10 Å². The molecule has 18 heavy (non-hydrogen) atoms. The van der Waals surface area contributed by atoms with Gasteiger partial charge in [0.05, 0.1) is 11.7 Å². The first-order valence-corrected chi connectivity index (χ1v) is 5.13. The predicted molar refractivity (Wildman–Crippen MR) is 58.7 cm³/mol. The maximum atomic E-state index is 13.7. The summed E-state index contributed by atoms with van der Waals surface area (Å²) in [4.78, 5) is 0. The smallest absolute Gasteiger partial charge is 0.194 e. The number of benzene rings is 1. The van der Waals surface area contributed by atoms with Crippen molar-refractivity contribution in [2.75, 3.05) is 0 Å². The van der Waals surface area contributed by atoms with Gasteiger partial charge in [0.15, 0.2) is 17.5 Å². The molecule has 1 aromatic heterocycles. The number of halogens is 3. The molecule has 0 spiro atoms. The van der Waals surface area contributed by atoms with E-state index in [9.17, 15) is 13.2 Å². The van der Waals surface area contributed by atoms with E-state index < -0.39 is 23.5 Å². The van der Waals surface area contributed by atoms with Crippen LogP contribution in [0.2, 0.25) is 0 Å². The van der Waals surface area contributed by atoms with Crippen LogP contribution in [0.25, 0.3) is 0 Å². The van der Waals surface area contributed by atoms with Crippen molar-refractivity contribution in [2.24, 2.45) is 12.9 Å². The third kappa shape index (κ3) is 1.98. The normalized spacial score (nSPS) is 12.7. The molecule has 96 valence electrons. The minimum Gasteiger partial charge on any atom is -0.271 e. The molecule has 0 fully saturated rings. The van der Waals surface area contributed by atoms with Crippen LogP contribution in [0.5, 0.6) is 0 Å². The lowest BCUT2D eigenvalue weighted by Gasteiger charge is -2.17. The van der Waals surface area contributed by atoms with Crippen LogP contribution in [0.4, 0.5) is 13.2 Å². The highest BCUT2D eigenvalue weighted by Crippen LogP contribution is 2.25. The first-order chi connectivity index (χ1) is 8.56. The summed E-state index contributed by atoms with van der Waals surface area (Å²) in [7, 11) is 1.64. The molecule has 0 saturated carbocycles. The number of aromatic nitrogens is 2. The van der Waals surface area contributed by atoms with Crippen LogP contribution >= 0.6 is 0 Å². The highest BCUT2D eigenvalue weighted by molar-refractivity contribution is 5.30. The zero-order chi connectivity index (χ0) is 13.3. The molecular weight excluding hydrogens is 245 g/mol. The van der Waals surface area contributed by atoms with Gasteiger partial charge >= 0.3 is 0 Å². The molecule has 0 radical (unpaired) electrons. The monoisotopic (exact) mass is 256 g/mol. The van der Waals surface area contributed by atoms with E-state index in [0.29, 0.717) is 5.69 Å². The van der Waals surface area contributed by atoms with Crippen molar-refractivity contribution in [1.82, 2.24) is 15.2 Å². The van der Waals surface area contributed by atoms with Crippen molar-refractivity contribution < 1.29 is 13.2 Å². The topological polar surface area (TPSA) is 55.9 Å². The maximum absolute atomic E-state index is 13.7. The maximum Gasteiger partial charge on any atom is 0.194 e. The van der Waals surface area contributed by atoms with Crippen LogP contribution in [0, 0.1) is 17.5 Å². The lowest BCUT2D eigenvalue weighted by atomic mass is 10.0. The van der Waals surface area contributed by atoms with E-state index in [1.54, 1.807) is 13.1 Å². The fraction of sp³-hybridized carbons (Fsp3) is 0.182. The molecule has 3 N–H and O–H groups in total. The van der Waals surface area contributed by atoms with Gasteiger partial charge in [0.25, 0.3) is 0 Å². The first-order valence-electron chi connectivity index (χ1n) is 5.13. The second kappa shape index (κ2) is 4.79. The molecule has 0 aliphatic heterocycles. The summed E-state index contributed by atoms with van der Waals surface area (Å²) >= 11 is 0. The van der Waals surface area contributed by atoms with E-state index in [-0.39, 0.29) is 5.56 Å². The summed E-state index contributed by atoms with van der Waals surface area (Å²) in [6.45, 7) is 0. The first kappa shape index (κ1) is 12.6. The van der Waals surface area contributed by atoms with Crippen molar-refractivity contribution >= 4 is 0 Å². The minimum atomic E-state index is -1.52. The molecule has 0 bridgehead atoms. The highest BCUT2D eigenvalue weighted by atomic mass is 19.2. The number of hydrazine groups is 1. The van der Waals surface area contributed by atoms with E-state index in [1.165, 1.54) is 10.9 Å². The van der Waals surface area contributed by atoms with Gasteiger partial charge in [-0.05, 0) is 12.1 Å². The molecule has 0 amide bonds. The number of hydrogen-bond donors (Lipinski definition) is 2. The van der Waals surface area contributed by atoms with E-state index in [4.69, 9.17) is 5.84 Å². The average molecular weight is 256 g/mol. The molecule has 4 nitrogen and oxygen atoms in total. The van der Waals surface area contributed by atoms with E-state index in [0.717, 1.165) is 12.1 Å². The van der Waals surface area contributed by atoms with Crippen LogP contribution in [-0.4, -0.2) is 9.78 Å². The Balaban J connectivity index is 2.53. The van der Waals surface area contributed by atoms with Crippen molar-refractivity contribution in [3.63, 3.8) is 0 Å². The summed E-state index contributed by atoms with van der Waals surface area (Å²) in [5, 5.41) is 3.91. The Morgan fingerprint density at radius 3 is 2.50 bits per heavy atom. The Hall–Kier alpha value is -1.86. The fourth-order valence-electron chi connectivity index (χ4n) is 1.77. The van der Waals surface area contributed by atoms with E-state index in [1.807, 2.05) is 0 Å². The average Bonchev–Trinajstić information content (AvgIpc) is 2.77. The van der Waals surface area contributed by atoms with Gasteiger partial charge in [-0.25, -0.2) is 18.6 Å². The summed E-state index contributed by atoms with van der Waals surface area (Å²) < 4.78 is 41.2. The number of nitrogens with zero attached hydrogens (tertiary/aromatic N) is 2. The minimum absolute atomic E-state index is 0.0833. The largest absolute Gasteiger partial charge is 0.271 e. The van der Waals surface area contributed by atoms with Crippen molar-refractivity contribution in [2.45, 2.75) is 6.04 Å². The molecular formula is C11H11F3N4. The van der Waals surface area contributed by atoms with E-state index >= 15 is 0 Å². The Morgan fingerprint density at radius 1 is 1.22 bits per heavy atom. The number of aryl methyl sites for hydroxylation is 1. The Bertz CT molecular complexity index is 567. The van der Waals surface area contributed by atoms with Gasteiger partial charge in [-0.1, -0.05) is 6.07 Å². The molecule has 0 aliphatic rings. The quantitative estimate of drug-likeness (QED) is 0.495. The van der Waals surface area contributed by atoms with E-state index in [2.05, 4.69) is 10.5 Å². The standard InChI is InChI=1S/C11H11F3N4/c1-18-8(4-5-16-18)11(17-15)6-2-3-7(12)10(14)9(6)13/h2-5,11,17H,15H2,1H3. The van der Waals surface area contributed by atoms with Crippen LogP contribution in [0.3, 0.4) is 0 Å². The van der Waals surface area contributed by atoms with Gasteiger partial charge in [0, 0.05) is 18.8 Å². The lowest BCUT2D eigenvalue weighted by Crippen LogP contribution is -2.31. The lowest BCUT2D eigenvalue weighted by molar-refractivity contribution is 0.430. The second-order valence-electron chi connectivity index (χ2n) is 3.74. The second-order valence-corrected chi connectivity index (χ2v) is 3.74. The molecule has 0 aliphatic carbocycles. The SMILES string of the molecule is Cn1nccc1C(NN)c1ccc(F)c(F)c1F. The molecule has 1 unspecified atom stereocenters. The molecule has 1 aromatic carbocycles. The predicted octanol–water partition coefficient (Wildman–Crippen LogP) is 1.39. The Morgan fingerprint density at radius 2 is 1.94 bits per heavy atom. The zero-order valence-corrected chi connectivity index (χ0v) is 9.49. The van der Waals surface area contributed by atoms with Gasteiger partial charge in [0.1, 0.15) is 0 Å². The molecule has 1 heterocycles. The molecule has 2 aromatic rings. The van der Waals surface area contributed by atoms with Crippen LogP contribution in [0.15, 0.2) is 24.4 Å². The Labute approximate surface area is 101 Å². The van der Waals surface area contributed by atoms with Gasteiger partial charge < -0.3 is 0 Å². The number of hydrogen-bond acceptors (Lipinski definition) is 3. The molecule has 1 atom stereocenters. The molecule has 0 saturated heterocycles. The Kier molecular flexibility index (Phi) is 3.35. The fourth-order valence-corrected chi connectivity index (χ4v) is 1.77. The highest BCUT2D eigenvalue weighted by Gasteiger charge is 2.23. The van der Waals surface area contributed by atoms with Crippen LogP contribution < -0.4 is 11.3 Å². The summed E-state index contributed by atoms with van der Waals surface area (Å²) in [5.74, 6) is 1.33. The summed E-state index contributed by atoms with van der Waals surface area (Å²) in [6, 6.07) is 2.79. The number of nitrogens with one attached hydrogen (secondary N) is 1. The zero-order valence-electron chi connectivity index (χ0n) is 9.49. The van der Waals surface area contributed by atoms with Gasteiger partial charge in [-0.15, -0.1) is 0 Å². The third-order valence-electron chi connectivity index (χ3n) is 2.70. The molecule has 7 heteroatoms.